The van der Waals surface area contributed by atoms with Crippen molar-refractivity contribution < 1.29 is 33.4 Å². The van der Waals surface area contributed by atoms with Crippen molar-refractivity contribution in [2.45, 2.75) is 55.6 Å². The third-order valence-electron chi connectivity index (χ3n) is 8.34. The standard InChI is InChI=1S/C39H41N3O7S2/c1-24(35(43)42-38-34(39(46)49-4)30-17-10-5-6-11-18-33(30)51-38)50-29-16-12-15-27(23-29)40-37(45)31(41-36(44)25-13-8-7-9-14-25)22-26-21-28(47-2)19-20-32(26)48-3/h7-9,12-16,19-24H,5-6,10-11,17-18H2,1-4H3,(H,40,45)(H,41,44)(H,42,43)/b31-22+. The number of ether oxygens (including phenoxy) is 3. The Labute approximate surface area is 306 Å². The van der Waals surface area contributed by atoms with Gasteiger partial charge in [-0.2, -0.15) is 0 Å². The van der Waals surface area contributed by atoms with Crippen molar-refractivity contribution in [2.75, 3.05) is 32.0 Å². The highest BCUT2D eigenvalue weighted by Crippen LogP contribution is 2.38. The first-order valence-corrected chi connectivity index (χ1v) is 18.3. The average molecular weight is 728 g/mol. The quantitative estimate of drug-likeness (QED) is 0.0768. The van der Waals surface area contributed by atoms with Crippen LogP contribution in [0.2, 0.25) is 0 Å². The topological polar surface area (TPSA) is 132 Å². The number of hydrogen-bond acceptors (Lipinski definition) is 9. The van der Waals surface area contributed by atoms with Crippen molar-refractivity contribution in [1.29, 1.82) is 0 Å². The minimum Gasteiger partial charge on any atom is -0.497 e. The molecule has 0 fully saturated rings. The van der Waals surface area contributed by atoms with E-state index in [4.69, 9.17) is 14.2 Å². The molecule has 51 heavy (non-hydrogen) atoms. The third-order valence-corrected chi connectivity index (χ3v) is 10.6. The summed E-state index contributed by atoms with van der Waals surface area (Å²) in [6, 6.07) is 20.8. The molecule has 10 nitrogen and oxygen atoms in total. The van der Waals surface area contributed by atoms with Gasteiger partial charge in [0.1, 0.15) is 22.2 Å². The number of rotatable bonds is 12. The summed E-state index contributed by atoms with van der Waals surface area (Å²) in [7, 11) is 4.41. The van der Waals surface area contributed by atoms with Gasteiger partial charge in [0.05, 0.1) is 32.1 Å². The van der Waals surface area contributed by atoms with Crippen LogP contribution in [0.5, 0.6) is 11.5 Å². The van der Waals surface area contributed by atoms with Crippen LogP contribution in [0.15, 0.2) is 83.4 Å². The minimum absolute atomic E-state index is 0.0207. The Morgan fingerprint density at radius 3 is 2.33 bits per heavy atom. The summed E-state index contributed by atoms with van der Waals surface area (Å²) in [6.07, 6.45) is 7.49. The minimum atomic E-state index is -0.569. The van der Waals surface area contributed by atoms with Crippen molar-refractivity contribution in [3.63, 3.8) is 0 Å². The first-order valence-electron chi connectivity index (χ1n) is 16.6. The predicted octanol–water partition coefficient (Wildman–Crippen LogP) is 7.74. The molecule has 3 amide bonds. The second-order valence-electron chi connectivity index (χ2n) is 11.8. The van der Waals surface area contributed by atoms with E-state index in [0.717, 1.165) is 53.9 Å². The summed E-state index contributed by atoms with van der Waals surface area (Å²) in [6.45, 7) is 1.79. The number of esters is 1. The van der Waals surface area contributed by atoms with E-state index < -0.39 is 23.0 Å². The molecule has 0 bridgehead atoms. The summed E-state index contributed by atoms with van der Waals surface area (Å²) in [4.78, 5) is 55.1. The normalized spacial score (nSPS) is 13.5. The van der Waals surface area contributed by atoms with E-state index in [0.29, 0.717) is 38.9 Å². The molecule has 0 spiro atoms. The van der Waals surface area contributed by atoms with Gasteiger partial charge < -0.3 is 30.2 Å². The molecule has 266 valence electrons. The van der Waals surface area contributed by atoms with E-state index in [-0.39, 0.29) is 11.6 Å². The summed E-state index contributed by atoms with van der Waals surface area (Å²) < 4.78 is 16.0. The SMILES string of the molecule is COC(=O)c1c(NC(=O)C(C)Sc2cccc(NC(=O)/C(=C\c3cc(OC)ccc3OC)NC(=O)c3ccccc3)c2)sc2c1CCCCCC2. The lowest BCUT2D eigenvalue weighted by molar-refractivity contribution is -0.115. The van der Waals surface area contributed by atoms with Crippen molar-refractivity contribution in [2.24, 2.45) is 0 Å². The Morgan fingerprint density at radius 2 is 1.61 bits per heavy atom. The lowest BCUT2D eigenvalue weighted by Gasteiger charge is -2.15. The highest BCUT2D eigenvalue weighted by Gasteiger charge is 2.27. The second-order valence-corrected chi connectivity index (χ2v) is 14.4. The van der Waals surface area contributed by atoms with Crippen molar-refractivity contribution in [3.8, 4) is 11.5 Å². The summed E-state index contributed by atoms with van der Waals surface area (Å²) >= 11 is 2.77. The van der Waals surface area contributed by atoms with Gasteiger partial charge in [-0.05, 0) is 92.8 Å². The molecule has 3 aromatic carbocycles. The van der Waals surface area contributed by atoms with E-state index in [1.807, 2.05) is 6.07 Å². The maximum absolute atomic E-state index is 13.7. The van der Waals surface area contributed by atoms with Crippen LogP contribution in [0.25, 0.3) is 6.08 Å². The number of thioether (sulfide) groups is 1. The molecular formula is C39H41N3O7S2. The fraction of sp³-hybridized carbons (Fsp3) is 0.282. The second kappa shape index (κ2) is 17.7. The number of hydrogen-bond donors (Lipinski definition) is 3. The number of carbonyl (C=O) groups excluding carboxylic acids is 4. The predicted molar refractivity (Wildman–Crippen MR) is 202 cm³/mol. The van der Waals surface area contributed by atoms with E-state index in [2.05, 4.69) is 16.0 Å². The molecule has 0 radical (unpaired) electrons. The summed E-state index contributed by atoms with van der Waals surface area (Å²) in [5, 5.41) is 8.60. The lowest BCUT2D eigenvalue weighted by atomic mass is 9.96. The van der Waals surface area contributed by atoms with Crippen LogP contribution in [0.3, 0.4) is 0 Å². The zero-order chi connectivity index (χ0) is 36.3. The summed E-state index contributed by atoms with van der Waals surface area (Å²) in [5.41, 5.74) is 2.79. The van der Waals surface area contributed by atoms with Gasteiger partial charge in [-0.1, -0.05) is 37.1 Å². The molecule has 0 saturated heterocycles. The van der Waals surface area contributed by atoms with E-state index in [1.54, 1.807) is 73.7 Å². The first kappa shape index (κ1) is 37.2. The Balaban J connectivity index is 1.33. The van der Waals surface area contributed by atoms with Crippen molar-refractivity contribution in [3.05, 3.63) is 106 Å². The first-order chi connectivity index (χ1) is 24.7. The number of benzene rings is 3. The zero-order valence-corrected chi connectivity index (χ0v) is 30.6. The van der Waals surface area contributed by atoms with Gasteiger partial charge in [0.25, 0.3) is 11.8 Å². The Hall–Kier alpha value is -5.07. The van der Waals surface area contributed by atoms with Gasteiger partial charge in [-0.15, -0.1) is 23.1 Å². The number of thiophene rings is 1. The highest BCUT2D eigenvalue weighted by molar-refractivity contribution is 8.00. The smallest absolute Gasteiger partial charge is 0.341 e. The van der Waals surface area contributed by atoms with E-state index >= 15 is 0 Å². The van der Waals surface area contributed by atoms with Crippen LogP contribution < -0.4 is 25.4 Å². The number of aryl methyl sites for hydroxylation is 1. The number of carbonyl (C=O) groups is 4. The van der Waals surface area contributed by atoms with Crippen molar-refractivity contribution in [1.82, 2.24) is 5.32 Å². The molecule has 4 aromatic rings. The molecule has 12 heteroatoms. The molecule has 1 heterocycles. The Morgan fingerprint density at radius 1 is 0.843 bits per heavy atom. The average Bonchev–Trinajstić information content (AvgIpc) is 3.46. The van der Waals surface area contributed by atoms with Gasteiger partial charge in [0, 0.05) is 26.6 Å². The molecule has 0 aliphatic heterocycles. The third kappa shape index (κ3) is 9.59. The van der Waals surface area contributed by atoms with Crippen LogP contribution in [0.4, 0.5) is 10.7 Å². The molecule has 1 aliphatic rings. The fourth-order valence-electron chi connectivity index (χ4n) is 5.69. The monoisotopic (exact) mass is 727 g/mol. The van der Waals surface area contributed by atoms with E-state index in [9.17, 15) is 19.2 Å². The Kier molecular flexibility index (Phi) is 12.9. The molecule has 1 atom stereocenters. The fourth-order valence-corrected chi connectivity index (χ4v) is 7.90. The lowest BCUT2D eigenvalue weighted by Crippen LogP contribution is -2.30. The highest BCUT2D eigenvalue weighted by atomic mass is 32.2. The number of nitrogens with one attached hydrogen (secondary N) is 3. The number of amides is 3. The number of methoxy groups -OCH3 is 3. The Bertz CT molecular complexity index is 1920. The van der Waals surface area contributed by atoms with Gasteiger partial charge in [-0.3, -0.25) is 14.4 Å². The van der Waals surface area contributed by atoms with Gasteiger partial charge >= 0.3 is 5.97 Å². The molecule has 1 unspecified atom stereocenters. The molecule has 3 N–H and O–H groups in total. The van der Waals surface area contributed by atoms with Gasteiger partial charge in [-0.25, -0.2) is 4.79 Å². The molecule has 1 aliphatic carbocycles. The summed E-state index contributed by atoms with van der Waals surface area (Å²) in [5.74, 6) is -0.699. The maximum atomic E-state index is 13.7. The molecular weight excluding hydrogens is 687 g/mol. The number of anilines is 2. The van der Waals surface area contributed by atoms with Crippen LogP contribution in [-0.2, 0) is 27.2 Å². The van der Waals surface area contributed by atoms with Crippen LogP contribution in [0, 0.1) is 0 Å². The van der Waals surface area contributed by atoms with Crippen molar-refractivity contribution >= 4 is 63.6 Å². The molecule has 5 rings (SSSR count). The zero-order valence-electron chi connectivity index (χ0n) is 29.0. The van der Waals surface area contributed by atoms with Crippen LogP contribution in [-0.4, -0.2) is 50.3 Å². The molecule has 1 aromatic heterocycles. The van der Waals surface area contributed by atoms with Gasteiger partial charge in [0.2, 0.25) is 5.91 Å². The van der Waals surface area contributed by atoms with Crippen LogP contribution >= 0.6 is 23.1 Å². The largest absolute Gasteiger partial charge is 0.497 e. The van der Waals surface area contributed by atoms with E-state index in [1.165, 1.54) is 50.5 Å². The van der Waals surface area contributed by atoms with Gasteiger partial charge in [0.15, 0.2) is 0 Å². The molecule has 0 saturated carbocycles. The number of fused-ring (bicyclic) bond motifs is 1. The maximum Gasteiger partial charge on any atom is 0.341 e. The van der Waals surface area contributed by atoms with Crippen LogP contribution in [0.1, 0.15) is 69.3 Å².